The maximum atomic E-state index is 10.6. The van der Waals surface area contributed by atoms with Gasteiger partial charge in [-0.2, -0.15) is 0 Å². The van der Waals surface area contributed by atoms with Crippen molar-refractivity contribution < 1.29 is 9.52 Å². The minimum absolute atomic E-state index is 0.548. The van der Waals surface area contributed by atoms with Gasteiger partial charge in [0.05, 0.1) is 0 Å². The molecule has 0 fully saturated rings. The van der Waals surface area contributed by atoms with Crippen LogP contribution in [0.5, 0.6) is 0 Å². The number of benzene rings is 2. The number of halogens is 1. The lowest BCUT2D eigenvalue weighted by atomic mass is 9.94. The maximum Gasteiger partial charge on any atom is 0.169 e. The summed E-state index contributed by atoms with van der Waals surface area (Å²) in [5, 5.41) is 12.7. The van der Waals surface area contributed by atoms with Gasteiger partial charge in [0.25, 0.3) is 0 Å². The smallest absolute Gasteiger partial charge is 0.169 e. The first-order valence-corrected chi connectivity index (χ1v) is 6.87. The van der Waals surface area contributed by atoms with Gasteiger partial charge in [-0.3, -0.25) is 0 Å². The van der Waals surface area contributed by atoms with E-state index in [-0.39, 0.29) is 0 Å². The Labute approximate surface area is 119 Å². The summed E-state index contributed by atoms with van der Waals surface area (Å²) in [6.45, 7) is 2.00. The van der Waals surface area contributed by atoms with Gasteiger partial charge < -0.3 is 9.52 Å². The van der Waals surface area contributed by atoms with E-state index in [2.05, 4.69) is 22.0 Å². The lowest BCUT2D eigenvalue weighted by Gasteiger charge is -2.14. The molecule has 3 rings (SSSR count). The van der Waals surface area contributed by atoms with Crippen LogP contribution in [0.1, 0.15) is 23.0 Å². The van der Waals surface area contributed by atoms with Crippen LogP contribution in [0.25, 0.3) is 10.8 Å². The van der Waals surface area contributed by atoms with Gasteiger partial charge in [-0.1, -0.05) is 36.4 Å². The molecule has 1 atom stereocenters. The number of aryl methyl sites for hydroxylation is 1. The summed E-state index contributed by atoms with van der Waals surface area (Å²) in [4.78, 5) is 0. The van der Waals surface area contributed by atoms with E-state index in [9.17, 15) is 5.11 Å². The van der Waals surface area contributed by atoms with E-state index in [0.29, 0.717) is 10.4 Å². The van der Waals surface area contributed by atoms with Crippen molar-refractivity contribution in [2.24, 2.45) is 0 Å². The van der Waals surface area contributed by atoms with Gasteiger partial charge in [0, 0.05) is 0 Å². The second-order valence-electron chi connectivity index (χ2n) is 4.56. The lowest BCUT2D eigenvalue weighted by Crippen LogP contribution is -2.01. The molecule has 0 spiro atoms. The van der Waals surface area contributed by atoms with Crippen molar-refractivity contribution in [1.82, 2.24) is 0 Å². The summed E-state index contributed by atoms with van der Waals surface area (Å²) in [7, 11) is 0. The molecule has 3 aromatic rings. The average molecular weight is 317 g/mol. The third-order valence-electron chi connectivity index (χ3n) is 3.33. The van der Waals surface area contributed by atoms with Crippen LogP contribution in [0.4, 0.5) is 0 Å². The molecule has 0 aliphatic heterocycles. The van der Waals surface area contributed by atoms with Crippen LogP contribution in [0.3, 0.4) is 0 Å². The van der Waals surface area contributed by atoms with Gasteiger partial charge >= 0.3 is 0 Å². The molecule has 3 heteroatoms. The summed E-state index contributed by atoms with van der Waals surface area (Å²) in [6.07, 6.45) is -0.752. The van der Waals surface area contributed by atoms with Crippen LogP contribution in [-0.4, -0.2) is 5.11 Å². The minimum Gasteiger partial charge on any atom is -0.451 e. The van der Waals surface area contributed by atoms with Crippen molar-refractivity contribution in [3.8, 4) is 0 Å². The SMILES string of the molecule is Cc1ccc2ccccc2c1C(O)c1ccc(Br)o1. The van der Waals surface area contributed by atoms with E-state index in [1.54, 1.807) is 12.1 Å². The molecule has 96 valence electrons. The number of furan rings is 1. The van der Waals surface area contributed by atoms with E-state index in [4.69, 9.17) is 4.42 Å². The maximum absolute atomic E-state index is 10.6. The standard InChI is InChI=1S/C16H13BrO2/c1-10-6-7-11-4-2-3-5-12(11)15(10)16(18)13-8-9-14(17)19-13/h2-9,16,18H,1H3. The Hall–Kier alpha value is -1.58. The zero-order valence-corrected chi connectivity index (χ0v) is 12.0. The summed E-state index contributed by atoms with van der Waals surface area (Å²) in [5.41, 5.74) is 1.96. The largest absolute Gasteiger partial charge is 0.451 e. The molecule has 1 unspecified atom stereocenters. The molecule has 0 amide bonds. The fraction of sp³-hybridized carbons (Fsp3) is 0.125. The van der Waals surface area contributed by atoms with Gasteiger partial charge in [-0.25, -0.2) is 0 Å². The van der Waals surface area contributed by atoms with Crippen molar-refractivity contribution in [3.05, 3.63) is 70.1 Å². The predicted molar refractivity (Wildman–Crippen MR) is 79.2 cm³/mol. The Bertz CT molecular complexity index is 730. The van der Waals surface area contributed by atoms with Crippen molar-refractivity contribution in [2.75, 3.05) is 0 Å². The Morgan fingerprint density at radius 2 is 1.84 bits per heavy atom. The quantitative estimate of drug-likeness (QED) is 0.750. The van der Waals surface area contributed by atoms with E-state index in [0.717, 1.165) is 21.9 Å². The highest BCUT2D eigenvalue weighted by Crippen LogP contribution is 2.33. The fourth-order valence-corrected chi connectivity index (χ4v) is 2.70. The molecule has 2 nitrogen and oxygen atoms in total. The zero-order valence-electron chi connectivity index (χ0n) is 10.4. The first-order chi connectivity index (χ1) is 9.16. The van der Waals surface area contributed by atoms with Gasteiger partial charge in [0.2, 0.25) is 0 Å². The summed E-state index contributed by atoms with van der Waals surface area (Å²) in [6, 6.07) is 15.7. The molecule has 1 aromatic heterocycles. The van der Waals surface area contributed by atoms with Crippen LogP contribution in [0.2, 0.25) is 0 Å². The topological polar surface area (TPSA) is 33.4 Å². The summed E-state index contributed by atoms with van der Waals surface area (Å²) >= 11 is 3.26. The number of hydrogen-bond acceptors (Lipinski definition) is 2. The Morgan fingerprint density at radius 3 is 2.58 bits per heavy atom. The number of aliphatic hydroxyl groups is 1. The molecule has 1 N–H and O–H groups in total. The lowest BCUT2D eigenvalue weighted by molar-refractivity contribution is 0.188. The Kier molecular flexibility index (Phi) is 3.17. The first kappa shape index (κ1) is 12.5. The highest BCUT2D eigenvalue weighted by molar-refractivity contribution is 9.10. The normalized spacial score (nSPS) is 12.8. The molecule has 0 bridgehead atoms. The fourth-order valence-electron chi connectivity index (χ4n) is 2.39. The molecular formula is C16H13BrO2. The van der Waals surface area contributed by atoms with Crippen LogP contribution >= 0.6 is 15.9 Å². The molecule has 0 radical (unpaired) electrons. The van der Waals surface area contributed by atoms with E-state index >= 15 is 0 Å². The Morgan fingerprint density at radius 1 is 1.05 bits per heavy atom. The number of aliphatic hydroxyl groups excluding tert-OH is 1. The van der Waals surface area contributed by atoms with E-state index in [1.807, 2.05) is 37.3 Å². The van der Waals surface area contributed by atoms with Crippen molar-refractivity contribution in [1.29, 1.82) is 0 Å². The van der Waals surface area contributed by atoms with Crippen molar-refractivity contribution in [2.45, 2.75) is 13.0 Å². The number of rotatable bonds is 2. The van der Waals surface area contributed by atoms with Crippen LogP contribution in [0.15, 0.2) is 57.6 Å². The minimum atomic E-state index is -0.752. The van der Waals surface area contributed by atoms with Crippen LogP contribution < -0.4 is 0 Å². The molecule has 0 aliphatic carbocycles. The van der Waals surface area contributed by atoms with E-state index in [1.165, 1.54) is 0 Å². The second-order valence-corrected chi connectivity index (χ2v) is 5.34. The molecule has 0 saturated heterocycles. The van der Waals surface area contributed by atoms with Crippen molar-refractivity contribution in [3.63, 3.8) is 0 Å². The third kappa shape index (κ3) is 2.20. The molecule has 0 aliphatic rings. The van der Waals surface area contributed by atoms with Gasteiger partial charge in [0.15, 0.2) is 4.67 Å². The average Bonchev–Trinajstić information content (AvgIpc) is 2.85. The monoisotopic (exact) mass is 316 g/mol. The Balaban J connectivity index is 2.21. The summed E-state index contributed by atoms with van der Waals surface area (Å²) in [5.74, 6) is 0.548. The number of fused-ring (bicyclic) bond motifs is 1. The highest BCUT2D eigenvalue weighted by atomic mass is 79.9. The van der Waals surface area contributed by atoms with Crippen LogP contribution in [0, 0.1) is 6.92 Å². The summed E-state index contributed by atoms with van der Waals surface area (Å²) < 4.78 is 6.09. The van der Waals surface area contributed by atoms with E-state index < -0.39 is 6.10 Å². The molecular weight excluding hydrogens is 304 g/mol. The van der Waals surface area contributed by atoms with Crippen LogP contribution in [-0.2, 0) is 0 Å². The van der Waals surface area contributed by atoms with Gasteiger partial charge in [-0.05, 0) is 56.9 Å². The van der Waals surface area contributed by atoms with Crippen molar-refractivity contribution >= 4 is 26.7 Å². The molecule has 2 aromatic carbocycles. The third-order valence-corrected chi connectivity index (χ3v) is 3.75. The second kappa shape index (κ2) is 4.83. The zero-order chi connectivity index (χ0) is 13.4. The first-order valence-electron chi connectivity index (χ1n) is 6.08. The molecule has 19 heavy (non-hydrogen) atoms. The van der Waals surface area contributed by atoms with Gasteiger partial charge in [0.1, 0.15) is 11.9 Å². The van der Waals surface area contributed by atoms with Gasteiger partial charge in [-0.15, -0.1) is 0 Å². The predicted octanol–water partition coefficient (Wildman–Crippen LogP) is 4.59. The molecule has 0 saturated carbocycles. The number of hydrogen-bond donors (Lipinski definition) is 1. The molecule has 1 heterocycles. The highest BCUT2D eigenvalue weighted by Gasteiger charge is 2.19.